The molecule has 0 spiro atoms. The summed E-state index contributed by atoms with van der Waals surface area (Å²) in [5.74, 6) is 1.24. The number of nitrogens with one attached hydrogen (secondary N) is 1. The molecule has 1 aromatic carbocycles. The Morgan fingerprint density at radius 1 is 1.55 bits per heavy atom. The van der Waals surface area contributed by atoms with E-state index in [0.717, 1.165) is 35.2 Å². The molecule has 0 saturated carbocycles. The van der Waals surface area contributed by atoms with E-state index in [9.17, 15) is 4.79 Å². The zero-order valence-electron chi connectivity index (χ0n) is 11.7. The van der Waals surface area contributed by atoms with E-state index in [0.29, 0.717) is 19.5 Å². The Bertz CT molecular complexity index is 487. The van der Waals surface area contributed by atoms with Crippen molar-refractivity contribution in [3.8, 4) is 5.75 Å². The molecule has 0 saturated heterocycles. The second-order valence-corrected chi connectivity index (χ2v) is 6.06. The third kappa shape index (κ3) is 3.73. The number of halogens is 1. The first kappa shape index (κ1) is 15.3. The maximum absolute atomic E-state index is 11.9. The van der Waals surface area contributed by atoms with E-state index in [1.54, 1.807) is 0 Å². The van der Waals surface area contributed by atoms with Crippen LogP contribution in [0.1, 0.15) is 30.9 Å². The molecule has 1 aromatic rings. The molecular formula is C15H21BrN2O2. The average Bonchev–Trinajstić information content (AvgIpc) is 2.90. The fourth-order valence-corrected chi connectivity index (χ4v) is 2.95. The van der Waals surface area contributed by atoms with Gasteiger partial charge in [0.1, 0.15) is 5.75 Å². The van der Waals surface area contributed by atoms with Crippen LogP contribution < -0.4 is 15.8 Å². The van der Waals surface area contributed by atoms with Gasteiger partial charge in [0.25, 0.3) is 0 Å². The van der Waals surface area contributed by atoms with Crippen molar-refractivity contribution in [3.63, 3.8) is 0 Å². The summed E-state index contributed by atoms with van der Waals surface area (Å²) in [4.78, 5) is 11.9. The minimum Gasteiger partial charge on any atom is -0.493 e. The molecule has 1 aliphatic heterocycles. The van der Waals surface area contributed by atoms with Gasteiger partial charge in [-0.1, -0.05) is 29.3 Å². The minimum absolute atomic E-state index is 0.0500. The van der Waals surface area contributed by atoms with Gasteiger partial charge in [-0.05, 0) is 30.2 Å². The third-order valence-corrected chi connectivity index (χ3v) is 4.14. The summed E-state index contributed by atoms with van der Waals surface area (Å²) >= 11 is 3.50. The first-order valence-electron chi connectivity index (χ1n) is 7.04. The van der Waals surface area contributed by atoms with E-state index in [-0.39, 0.29) is 11.8 Å². The fourth-order valence-electron chi connectivity index (χ4n) is 2.40. The van der Waals surface area contributed by atoms with E-state index in [2.05, 4.69) is 34.2 Å². The van der Waals surface area contributed by atoms with Crippen LogP contribution in [0, 0.1) is 5.92 Å². The Balaban J connectivity index is 1.96. The van der Waals surface area contributed by atoms with E-state index in [1.165, 1.54) is 5.56 Å². The van der Waals surface area contributed by atoms with E-state index < -0.39 is 0 Å². The molecular weight excluding hydrogens is 320 g/mol. The van der Waals surface area contributed by atoms with Crippen LogP contribution in [0.5, 0.6) is 5.75 Å². The molecule has 0 radical (unpaired) electrons. The number of ether oxygens (including phenoxy) is 1. The summed E-state index contributed by atoms with van der Waals surface area (Å²) in [5.41, 5.74) is 7.86. The zero-order chi connectivity index (χ0) is 14.5. The SMILES string of the molecule is CCC(CN)CC(=O)NCc1cc(Br)cc2c1OCC2. The van der Waals surface area contributed by atoms with Crippen LogP contribution >= 0.6 is 15.9 Å². The lowest BCUT2D eigenvalue weighted by Crippen LogP contribution is -2.27. The number of carbonyl (C=O) groups is 1. The lowest BCUT2D eigenvalue weighted by atomic mass is 10.0. The van der Waals surface area contributed by atoms with Gasteiger partial charge in [0.05, 0.1) is 6.61 Å². The summed E-state index contributed by atoms with van der Waals surface area (Å²) in [6.07, 6.45) is 2.35. The molecule has 0 aromatic heterocycles. The molecule has 2 rings (SSSR count). The van der Waals surface area contributed by atoms with Gasteiger partial charge in [0.2, 0.25) is 5.91 Å². The molecule has 0 aliphatic carbocycles. The summed E-state index contributed by atoms with van der Waals surface area (Å²) in [6.45, 7) is 3.83. The number of carbonyl (C=O) groups excluding carboxylic acids is 1. The van der Waals surface area contributed by atoms with Crippen LogP contribution in [0.4, 0.5) is 0 Å². The Hall–Kier alpha value is -1.07. The van der Waals surface area contributed by atoms with Crippen molar-refractivity contribution < 1.29 is 9.53 Å². The number of amides is 1. The first-order chi connectivity index (χ1) is 9.63. The lowest BCUT2D eigenvalue weighted by Gasteiger charge is -2.13. The summed E-state index contributed by atoms with van der Waals surface area (Å²) in [7, 11) is 0. The van der Waals surface area contributed by atoms with Crippen LogP contribution in [0.3, 0.4) is 0 Å². The second kappa shape index (κ2) is 7.09. The highest BCUT2D eigenvalue weighted by Gasteiger charge is 2.18. The van der Waals surface area contributed by atoms with Gasteiger partial charge in [-0.15, -0.1) is 0 Å². The smallest absolute Gasteiger partial charge is 0.220 e. The van der Waals surface area contributed by atoms with Gasteiger partial charge >= 0.3 is 0 Å². The van der Waals surface area contributed by atoms with Crippen LogP contribution in [0.15, 0.2) is 16.6 Å². The van der Waals surface area contributed by atoms with E-state index >= 15 is 0 Å². The van der Waals surface area contributed by atoms with Crippen molar-refractivity contribution in [1.82, 2.24) is 5.32 Å². The largest absolute Gasteiger partial charge is 0.493 e. The van der Waals surface area contributed by atoms with Crippen molar-refractivity contribution in [2.24, 2.45) is 11.7 Å². The standard InChI is InChI=1S/C15H21BrN2O2/c1-2-10(8-17)5-14(19)18-9-12-7-13(16)6-11-3-4-20-15(11)12/h6-7,10H,2-5,8-9,17H2,1H3,(H,18,19). The van der Waals surface area contributed by atoms with Crippen LogP contribution in [-0.2, 0) is 17.8 Å². The van der Waals surface area contributed by atoms with Crippen molar-refractivity contribution >= 4 is 21.8 Å². The number of hydrogen-bond donors (Lipinski definition) is 2. The van der Waals surface area contributed by atoms with Gasteiger partial charge in [-0.2, -0.15) is 0 Å². The molecule has 1 atom stereocenters. The molecule has 5 heteroatoms. The molecule has 4 nitrogen and oxygen atoms in total. The number of rotatable bonds is 6. The maximum Gasteiger partial charge on any atom is 0.220 e. The quantitative estimate of drug-likeness (QED) is 0.835. The number of benzene rings is 1. The molecule has 1 unspecified atom stereocenters. The van der Waals surface area contributed by atoms with Crippen molar-refractivity contribution in [2.75, 3.05) is 13.2 Å². The fraction of sp³-hybridized carbons (Fsp3) is 0.533. The van der Waals surface area contributed by atoms with E-state index in [1.807, 2.05) is 6.07 Å². The minimum atomic E-state index is 0.0500. The highest BCUT2D eigenvalue weighted by Crippen LogP contribution is 2.32. The summed E-state index contributed by atoms with van der Waals surface area (Å²) in [5, 5.41) is 2.96. The van der Waals surface area contributed by atoms with Gasteiger partial charge in [-0.25, -0.2) is 0 Å². The molecule has 20 heavy (non-hydrogen) atoms. The first-order valence-corrected chi connectivity index (χ1v) is 7.84. The van der Waals surface area contributed by atoms with Crippen molar-refractivity contribution in [1.29, 1.82) is 0 Å². The molecule has 0 bridgehead atoms. The molecule has 3 N–H and O–H groups in total. The van der Waals surface area contributed by atoms with E-state index in [4.69, 9.17) is 10.5 Å². The summed E-state index contributed by atoms with van der Waals surface area (Å²) in [6, 6.07) is 4.08. The van der Waals surface area contributed by atoms with Gasteiger partial charge in [0, 0.05) is 29.4 Å². The summed E-state index contributed by atoms with van der Waals surface area (Å²) < 4.78 is 6.68. The number of hydrogen-bond acceptors (Lipinski definition) is 3. The van der Waals surface area contributed by atoms with Gasteiger partial charge in [-0.3, -0.25) is 4.79 Å². The van der Waals surface area contributed by atoms with Gasteiger partial charge < -0.3 is 15.8 Å². The van der Waals surface area contributed by atoms with Crippen LogP contribution in [0.25, 0.3) is 0 Å². The molecule has 1 amide bonds. The third-order valence-electron chi connectivity index (χ3n) is 3.69. The maximum atomic E-state index is 11.9. The normalized spacial score (nSPS) is 14.6. The topological polar surface area (TPSA) is 64.4 Å². The Morgan fingerprint density at radius 3 is 3.05 bits per heavy atom. The molecule has 1 aliphatic rings. The number of nitrogens with two attached hydrogens (primary N) is 1. The Morgan fingerprint density at radius 2 is 2.35 bits per heavy atom. The highest BCUT2D eigenvalue weighted by molar-refractivity contribution is 9.10. The highest BCUT2D eigenvalue weighted by atomic mass is 79.9. The Labute approximate surface area is 128 Å². The lowest BCUT2D eigenvalue weighted by molar-refractivity contribution is -0.122. The molecule has 110 valence electrons. The van der Waals surface area contributed by atoms with Crippen molar-refractivity contribution in [2.45, 2.75) is 32.7 Å². The molecule has 1 heterocycles. The predicted octanol–water partition coefficient (Wildman–Crippen LogP) is 2.38. The molecule has 0 fully saturated rings. The zero-order valence-corrected chi connectivity index (χ0v) is 13.3. The van der Waals surface area contributed by atoms with Gasteiger partial charge in [0.15, 0.2) is 0 Å². The monoisotopic (exact) mass is 340 g/mol. The van der Waals surface area contributed by atoms with Crippen LogP contribution in [-0.4, -0.2) is 19.1 Å². The number of fused-ring (bicyclic) bond motifs is 1. The van der Waals surface area contributed by atoms with Crippen LogP contribution in [0.2, 0.25) is 0 Å². The second-order valence-electron chi connectivity index (χ2n) is 5.14. The predicted molar refractivity (Wildman–Crippen MR) is 82.6 cm³/mol. The average molecular weight is 341 g/mol. The Kier molecular flexibility index (Phi) is 5.43. The van der Waals surface area contributed by atoms with Crippen molar-refractivity contribution in [3.05, 3.63) is 27.7 Å².